The number of ether oxygens (including phenoxy) is 2. The average molecular weight is 499 g/mol. The third kappa shape index (κ3) is 5.90. The molecule has 0 saturated carbocycles. The molecule has 5 nitrogen and oxygen atoms in total. The van der Waals surface area contributed by atoms with Gasteiger partial charge < -0.3 is 14.8 Å². The topological polar surface area (TPSA) is 59.9 Å². The number of hydrogen-bond acceptors (Lipinski definition) is 5. The summed E-state index contributed by atoms with van der Waals surface area (Å²) >= 11 is 13.5. The lowest BCUT2D eigenvalue weighted by molar-refractivity contribution is -0.115. The van der Waals surface area contributed by atoms with Crippen molar-refractivity contribution >= 4 is 57.8 Å². The van der Waals surface area contributed by atoms with Crippen molar-refractivity contribution in [1.29, 1.82) is 0 Å². The van der Waals surface area contributed by atoms with Crippen molar-refractivity contribution < 1.29 is 14.3 Å². The van der Waals surface area contributed by atoms with E-state index in [2.05, 4.69) is 10.3 Å². The van der Waals surface area contributed by atoms with Gasteiger partial charge in [-0.15, -0.1) is 0 Å². The number of nitrogens with one attached hydrogen (secondary N) is 1. The molecule has 1 heterocycles. The normalized spacial score (nSPS) is 15.7. The zero-order valence-corrected chi connectivity index (χ0v) is 20.2. The minimum absolute atomic E-state index is 0.192. The van der Waals surface area contributed by atoms with Gasteiger partial charge in [0.1, 0.15) is 6.61 Å². The minimum Gasteiger partial charge on any atom is -0.493 e. The van der Waals surface area contributed by atoms with Gasteiger partial charge in [0.15, 0.2) is 16.7 Å². The van der Waals surface area contributed by atoms with E-state index in [9.17, 15) is 4.79 Å². The molecule has 1 fully saturated rings. The van der Waals surface area contributed by atoms with Crippen LogP contribution >= 0.6 is 35.0 Å². The predicted octanol–water partition coefficient (Wildman–Crippen LogP) is 6.78. The Morgan fingerprint density at radius 3 is 2.55 bits per heavy atom. The third-order valence-electron chi connectivity index (χ3n) is 4.80. The van der Waals surface area contributed by atoms with Crippen molar-refractivity contribution in [3.05, 3.63) is 92.3 Å². The van der Waals surface area contributed by atoms with Gasteiger partial charge in [-0.2, -0.15) is 0 Å². The fourth-order valence-electron chi connectivity index (χ4n) is 3.06. The van der Waals surface area contributed by atoms with Crippen LogP contribution < -0.4 is 14.8 Å². The van der Waals surface area contributed by atoms with Gasteiger partial charge in [0.2, 0.25) is 0 Å². The summed E-state index contributed by atoms with van der Waals surface area (Å²) in [6, 6.07) is 18.5. The Labute approximate surface area is 206 Å². The first-order valence-electron chi connectivity index (χ1n) is 10.0. The monoisotopic (exact) mass is 498 g/mol. The number of hydrogen-bond donors (Lipinski definition) is 1. The summed E-state index contributed by atoms with van der Waals surface area (Å²) in [5, 5.41) is 4.45. The molecule has 3 aromatic carbocycles. The SMILES string of the molecule is COc1cc(/C=C2\SC(=Nc3ccc(C)cc3)NC2=O)ccc1OCc1ccc(Cl)cc1Cl. The first-order chi connectivity index (χ1) is 15.9. The van der Waals surface area contributed by atoms with E-state index in [1.54, 1.807) is 31.4 Å². The molecular weight excluding hydrogens is 479 g/mol. The first-order valence-corrected chi connectivity index (χ1v) is 11.6. The maximum Gasteiger partial charge on any atom is 0.264 e. The Morgan fingerprint density at radius 1 is 1.03 bits per heavy atom. The number of carbonyl (C=O) groups is 1. The largest absolute Gasteiger partial charge is 0.493 e. The maximum atomic E-state index is 12.4. The second-order valence-corrected chi connectivity index (χ2v) is 9.13. The van der Waals surface area contributed by atoms with E-state index >= 15 is 0 Å². The molecular formula is C25H20Cl2N2O3S. The van der Waals surface area contributed by atoms with Crippen LogP contribution in [0.25, 0.3) is 6.08 Å². The Balaban J connectivity index is 1.48. The molecule has 0 aromatic heterocycles. The van der Waals surface area contributed by atoms with Crippen molar-refractivity contribution in [2.75, 3.05) is 7.11 Å². The van der Waals surface area contributed by atoms with E-state index in [0.29, 0.717) is 31.6 Å². The van der Waals surface area contributed by atoms with Crippen molar-refractivity contribution in [2.24, 2.45) is 4.99 Å². The molecule has 0 aliphatic carbocycles. The van der Waals surface area contributed by atoms with Crippen LogP contribution in [0, 0.1) is 6.92 Å². The number of halogens is 2. The van der Waals surface area contributed by atoms with E-state index in [4.69, 9.17) is 32.7 Å². The molecule has 168 valence electrons. The zero-order chi connectivity index (χ0) is 23.4. The second kappa shape index (κ2) is 10.3. The molecule has 1 aliphatic rings. The quantitative estimate of drug-likeness (QED) is 0.380. The summed E-state index contributed by atoms with van der Waals surface area (Å²) in [5.74, 6) is 0.921. The highest BCUT2D eigenvalue weighted by Gasteiger charge is 2.24. The lowest BCUT2D eigenvalue weighted by Gasteiger charge is -2.12. The molecule has 0 unspecified atom stereocenters. The zero-order valence-electron chi connectivity index (χ0n) is 17.9. The third-order valence-corrected chi connectivity index (χ3v) is 6.30. The smallest absolute Gasteiger partial charge is 0.264 e. The van der Waals surface area contributed by atoms with E-state index in [1.807, 2.05) is 49.4 Å². The summed E-state index contributed by atoms with van der Waals surface area (Å²) in [7, 11) is 1.57. The lowest BCUT2D eigenvalue weighted by Crippen LogP contribution is -2.19. The van der Waals surface area contributed by atoms with Crippen LogP contribution in [0.3, 0.4) is 0 Å². The Bertz CT molecular complexity index is 1260. The van der Waals surface area contributed by atoms with Crippen LogP contribution in [0.1, 0.15) is 16.7 Å². The number of benzene rings is 3. The van der Waals surface area contributed by atoms with E-state index < -0.39 is 0 Å². The van der Waals surface area contributed by atoms with E-state index in [0.717, 1.165) is 22.4 Å². The molecule has 4 rings (SSSR count). The highest BCUT2D eigenvalue weighted by molar-refractivity contribution is 8.18. The van der Waals surface area contributed by atoms with Crippen LogP contribution in [0.2, 0.25) is 10.0 Å². The van der Waals surface area contributed by atoms with Gasteiger partial charge in [-0.1, -0.05) is 53.0 Å². The maximum absolute atomic E-state index is 12.4. The number of nitrogens with zero attached hydrogens (tertiary/aromatic N) is 1. The van der Waals surface area contributed by atoms with Crippen LogP contribution in [0.4, 0.5) is 5.69 Å². The van der Waals surface area contributed by atoms with Gasteiger partial charge in [-0.25, -0.2) is 4.99 Å². The Hall–Kier alpha value is -2.93. The van der Waals surface area contributed by atoms with Crippen molar-refractivity contribution in [1.82, 2.24) is 5.32 Å². The van der Waals surface area contributed by atoms with E-state index in [1.165, 1.54) is 11.8 Å². The molecule has 0 radical (unpaired) electrons. The van der Waals surface area contributed by atoms with Crippen LogP contribution in [-0.2, 0) is 11.4 Å². The molecule has 0 spiro atoms. The number of carbonyl (C=O) groups excluding carboxylic acids is 1. The molecule has 1 amide bonds. The fourth-order valence-corrected chi connectivity index (χ4v) is 4.36. The highest BCUT2D eigenvalue weighted by atomic mass is 35.5. The number of methoxy groups -OCH3 is 1. The number of aryl methyl sites for hydroxylation is 1. The summed E-state index contributed by atoms with van der Waals surface area (Å²) < 4.78 is 11.4. The molecule has 3 aromatic rings. The van der Waals surface area contributed by atoms with Gasteiger partial charge in [0, 0.05) is 15.6 Å². The molecule has 33 heavy (non-hydrogen) atoms. The molecule has 0 bridgehead atoms. The summed E-state index contributed by atoms with van der Waals surface area (Å²) in [6.07, 6.45) is 1.79. The van der Waals surface area contributed by atoms with Crippen molar-refractivity contribution in [3.63, 3.8) is 0 Å². The van der Waals surface area contributed by atoms with Crippen LogP contribution in [0.15, 0.2) is 70.6 Å². The van der Waals surface area contributed by atoms with Crippen molar-refractivity contribution in [3.8, 4) is 11.5 Å². The molecule has 1 aliphatic heterocycles. The fraction of sp³-hybridized carbons (Fsp3) is 0.120. The predicted molar refractivity (Wildman–Crippen MR) is 136 cm³/mol. The number of aliphatic imine (C=N–C) groups is 1. The van der Waals surface area contributed by atoms with Gasteiger partial charge in [-0.05, 0) is 66.7 Å². The van der Waals surface area contributed by atoms with Crippen LogP contribution in [0.5, 0.6) is 11.5 Å². The molecule has 1 N–H and O–H groups in total. The standard InChI is InChI=1S/C25H20Cl2N2O3S/c1-15-3-8-19(9-4-15)28-25-29-24(30)23(33-25)12-16-5-10-21(22(11-16)31-2)32-14-17-6-7-18(26)13-20(17)27/h3-13H,14H2,1-2H3,(H,28,29,30)/b23-12-. The summed E-state index contributed by atoms with van der Waals surface area (Å²) in [5.41, 5.74) is 3.56. The number of rotatable bonds is 6. The minimum atomic E-state index is -0.192. The molecule has 0 atom stereocenters. The Kier molecular flexibility index (Phi) is 7.28. The number of amidine groups is 1. The van der Waals surface area contributed by atoms with Gasteiger partial charge in [0.05, 0.1) is 17.7 Å². The van der Waals surface area contributed by atoms with Crippen LogP contribution in [-0.4, -0.2) is 18.2 Å². The first kappa shape index (κ1) is 23.2. The highest BCUT2D eigenvalue weighted by Crippen LogP contribution is 2.33. The Morgan fingerprint density at radius 2 is 1.82 bits per heavy atom. The summed E-state index contributed by atoms with van der Waals surface area (Å²) in [4.78, 5) is 17.5. The van der Waals surface area contributed by atoms with Gasteiger partial charge in [-0.3, -0.25) is 4.79 Å². The van der Waals surface area contributed by atoms with Gasteiger partial charge in [0.25, 0.3) is 5.91 Å². The van der Waals surface area contributed by atoms with E-state index in [-0.39, 0.29) is 12.5 Å². The lowest BCUT2D eigenvalue weighted by atomic mass is 10.2. The summed E-state index contributed by atoms with van der Waals surface area (Å²) in [6.45, 7) is 2.28. The molecule has 8 heteroatoms. The van der Waals surface area contributed by atoms with Crippen molar-refractivity contribution in [2.45, 2.75) is 13.5 Å². The molecule has 1 saturated heterocycles. The number of thioether (sulfide) groups is 1. The van der Waals surface area contributed by atoms with Gasteiger partial charge >= 0.3 is 0 Å². The number of amides is 1. The second-order valence-electron chi connectivity index (χ2n) is 7.25. The average Bonchev–Trinajstić information content (AvgIpc) is 3.13.